The van der Waals surface area contributed by atoms with Gasteiger partial charge in [-0.3, -0.25) is 4.79 Å². The number of ether oxygens (including phenoxy) is 2. The van der Waals surface area contributed by atoms with E-state index in [1.807, 2.05) is 31.7 Å². The lowest BCUT2D eigenvalue weighted by Gasteiger charge is -2.36. The summed E-state index contributed by atoms with van der Waals surface area (Å²) in [6, 6.07) is 5.03. The molecule has 0 aliphatic carbocycles. The van der Waals surface area contributed by atoms with Crippen LogP contribution in [0.15, 0.2) is 18.2 Å². The first-order chi connectivity index (χ1) is 12.7. The van der Waals surface area contributed by atoms with Crippen molar-refractivity contribution in [1.82, 2.24) is 4.90 Å². The Hall–Kier alpha value is -2.31. The minimum atomic E-state index is -0.528. The fourth-order valence-electron chi connectivity index (χ4n) is 2.90. The number of carbonyl (C=O) groups is 2. The highest BCUT2D eigenvalue weighted by Gasteiger charge is 2.26. The zero-order valence-corrected chi connectivity index (χ0v) is 16.6. The maximum atomic E-state index is 14.5. The lowest BCUT2D eigenvalue weighted by atomic mass is 10.1. The van der Waals surface area contributed by atoms with E-state index in [1.54, 1.807) is 17.9 Å². The summed E-state index contributed by atoms with van der Waals surface area (Å²) in [5.74, 6) is -0.595. The Morgan fingerprint density at radius 3 is 2.37 bits per heavy atom. The second-order valence-corrected chi connectivity index (χ2v) is 7.55. The summed E-state index contributed by atoms with van der Waals surface area (Å²) in [4.78, 5) is 27.1. The normalized spacial score (nSPS) is 14.9. The highest BCUT2D eigenvalue weighted by molar-refractivity contribution is 5.70. The van der Waals surface area contributed by atoms with E-state index in [-0.39, 0.29) is 24.3 Å². The zero-order chi connectivity index (χ0) is 20.0. The van der Waals surface area contributed by atoms with Crippen molar-refractivity contribution >= 4 is 17.7 Å². The fourth-order valence-corrected chi connectivity index (χ4v) is 2.90. The number of rotatable bonds is 5. The number of benzene rings is 1. The molecule has 2 rings (SSSR count). The molecule has 0 radical (unpaired) electrons. The average Bonchev–Trinajstić information content (AvgIpc) is 2.59. The second-order valence-electron chi connectivity index (χ2n) is 7.55. The first kappa shape index (κ1) is 21.0. The van der Waals surface area contributed by atoms with Crippen LogP contribution in [0.1, 0.15) is 39.7 Å². The molecule has 1 aromatic rings. The monoisotopic (exact) mass is 380 g/mol. The van der Waals surface area contributed by atoms with Crippen LogP contribution in [-0.2, 0) is 20.7 Å². The van der Waals surface area contributed by atoms with Crippen LogP contribution in [-0.4, -0.2) is 55.3 Å². The first-order valence-corrected chi connectivity index (χ1v) is 9.36. The summed E-state index contributed by atoms with van der Waals surface area (Å²) < 4.78 is 24.8. The molecule has 1 amide bonds. The third-order valence-corrected chi connectivity index (χ3v) is 4.21. The molecular weight excluding hydrogens is 351 g/mol. The smallest absolute Gasteiger partial charge is 0.410 e. The number of piperazine rings is 1. The van der Waals surface area contributed by atoms with Crippen LogP contribution in [0, 0.1) is 5.82 Å². The van der Waals surface area contributed by atoms with E-state index in [0.717, 1.165) is 5.56 Å². The number of anilines is 1. The van der Waals surface area contributed by atoms with E-state index in [0.29, 0.717) is 44.9 Å². The molecule has 0 atom stereocenters. The molecule has 1 aromatic carbocycles. The number of hydrogen-bond acceptors (Lipinski definition) is 5. The summed E-state index contributed by atoms with van der Waals surface area (Å²) in [5.41, 5.74) is 0.745. The summed E-state index contributed by atoms with van der Waals surface area (Å²) in [6.45, 7) is 9.66. The third-order valence-electron chi connectivity index (χ3n) is 4.21. The van der Waals surface area contributed by atoms with Crippen molar-refractivity contribution in [3.05, 3.63) is 29.6 Å². The molecule has 27 heavy (non-hydrogen) atoms. The number of halogens is 1. The van der Waals surface area contributed by atoms with Gasteiger partial charge in [0.05, 0.1) is 12.3 Å². The minimum Gasteiger partial charge on any atom is -0.466 e. The molecule has 6 nitrogen and oxygen atoms in total. The van der Waals surface area contributed by atoms with E-state index in [4.69, 9.17) is 9.47 Å². The van der Waals surface area contributed by atoms with Crippen molar-refractivity contribution < 1.29 is 23.5 Å². The summed E-state index contributed by atoms with van der Waals surface area (Å²) in [7, 11) is 0. The molecule has 0 saturated carbocycles. The topological polar surface area (TPSA) is 59.1 Å². The van der Waals surface area contributed by atoms with Gasteiger partial charge in [-0.05, 0) is 51.8 Å². The van der Waals surface area contributed by atoms with Gasteiger partial charge >= 0.3 is 12.1 Å². The maximum absolute atomic E-state index is 14.5. The Kier molecular flexibility index (Phi) is 7.05. The molecule has 150 valence electrons. The van der Waals surface area contributed by atoms with Crippen molar-refractivity contribution in [2.75, 3.05) is 37.7 Å². The van der Waals surface area contributed by atoms with Crippen LogP contribution in [0.4, 0.5) is 14.9 Å². The molecule has 1 aliphatic rings. The predicted molar refractivity (Wildman–Crippen MR) is 101 cm³/mol. The van der Waals surface area contributed by atoms with Gasteiger partial charge < -0.3 is 19.3 Å². The van der Waals surface area contributed by atoms with Crippen LogP contribution >= 0.6 is 0 Å². The summed E-state index contributed by atoms with van der Waals surface area (Å²) in [5, 5.41) is 0. The van der Waals surface area contributed by atoms with Gasteiger partial charge in [-0.2, -0.15) is 0 Å². The van der Waals surface area contributed by atoms with Gasteiger partial charge in [-0.25, -0.2) is 9.18 Å². The molecular formula is C20H29FN2O4. The number of carbonyl (C=O) groups excluding carboxylic acids is 2. The van der Waals surface area contributed by atoms with Gasteiger partial charge in [0, 0.05) is 32.6 Å². The van der Waals surface area contributed by atoms with Gasteiger partial charge in [-0.1, -0.05) is 6.07 Å². The maximum Gasteiger partial charge on any atom is 0.410 e. The van der Waals surface area contributed by atoms with E-state index >= 15 is 0 Å². The van der Waals surface area contributed by atoms with E-state index in [9.17, 15) is 14.0 Å². The van der Waals surface area contributed by atoms with Gasteiger partial charge in [0.15, 0.2) is 0 Å². The molecule has 0 unspecified atom stereocenters. The fraction of sp³-hybridized carbons (Fsp3) is 0.600. The number of esters is 1. The van der Waals surface area contributed by atoms with Crippen molar-refractivity contribution in [2.24, 2.45) is 0 Å². The number of nitrogens with zero attached hydrogens (tertiary/aromatic N) is 2. The molecule has 1 aliphatic heterocycles. The quantitative estimate of drug-likeness (QED) is 0.733. The summed E-state index contributed by atoms with van der Waals surface area (Å²) in [6.07, 6.45) is 0.348. The highest BCUT2D eigenvalue weighted by atomic mass is 19.1. The van der Waals surface area contributed by atoms with Crippen LogP contribution in [0.2, 0.25) is 0 Å². The third kappa shape index (κ3) is 6.41. The Bertz CT molecular complexity index is 664. The van der Waals surface area contributed by atoms with Crippen molar-refractivity contribution in [3.8, 4) is 0 Å². The zero-order valence-electron chi connectivity index (χ0n) is 16.6. The van der Waals surface area contributed by atoms with Crippen molar-refractivity contribution in [1.29, 1.82) is 0 Å². The SMILES string of the molecule is CCOC(=O)CCc1ccc(N2CCN(C(=O)OC(C)(C)C)CC2)c(F)c1. The van der Waals surface area contributed by atoms with E-state index in [2.05, 4.69) is 0 Å². The summed E-state index contributed by atoms with van der Waals surface area (Å²) >= 11 is 0. The molecule has 1 heterocycles. The van der Waals surface area contributed by atoms with Crippen LogP contribution in [0.25, 0.3) is 0 Å². The average molecular weight is 380 g/mol. The number of amides is 1. The van der Waals surface area contributed by atoms with Crippen molar-refractivity contribution in [2.45, 2.75) is 46.1 Å². The predicted octanol–water partition coefficient (Wildman–Crippen LogP) is 3.38. The molecule has 0 N–H and O–H groups in total. The highest BCUT2D eigenvalue weighted by Crippen LogP contribution is 2.23. The van der Waals surface area contributed by atoms with Crippen LogP contribution < -0.4 is 4.90 Å². The first-order valence-electron chi connectivity index (χ1n) is 9.36. The molecule has 7 heteroatoms. The number of hydrogen-bond donors (Lipinski definition) is 0. The minimum absolute atomic E-state index is 0.237. The molecule has 0 spiro atoms. The van der Waals surface area contributed by atoms with Gasteiger partial charge in [-0.15, -0.1) is 0 Å². The Balaban J connectivity index is 1.90. The Labute approximate surface area is 160 Å². The lowest BCUT2D eigenvalue weighted by Crippen LogP contribution is -2.50. The molecule has 0 aromatic heterocycles. The molecule has 1 fully saturated rings. The Morgan fingerprint density at radius 2 is 1.81 bits per heavy atom. The molecule has 0 bridgehead atoms. The molecule has 1 saturated heterocycles. The standard InChI is InChI=1S/C20H29FN2O4/c1-5-26-18(24)9-7-15-6-8-17(16(21)14-15)22-10-12-23(13-11-22)19(25)27-20(2,3)4/h6,8,14H,5,7,9-13H2,1-4H3. The Morgan fingerprint density at radius 1 is 1.15 bits per heavy atom. The lowest BCUT2D eigenvalue weighted by molar-refractivity contribution is -0.143. The van der Waals surface area contributed by atoms with E-state index in [1.165, 1.54) is 6.07 Å². The van der Waals surface area contributed by atoms with Gasteiger partial charge in [0.25, 0.3) is 0 Å². The second kappa shape index (κ2) is 9.06. The largest absolute Gasteiger partial charge is 0.466 e. The van der Waals surface area contributed by atoms with Gasteiger partial charge in [0.2, 0.25) is 0 Å². The number of aryl methyl sites for hydroxylation is 1. The van der Waals surface area contributed by atoms with Crippen LogP contribution in [0.5, 0.6) is 0 Å². The van der Waals surface area contributed by atoms with Gasteiger partial charge in [0.1, 0.15) is 11.4 Å². The van der Waals surface area contributed by atoms with Crippen molar-refractivity contribution in [3.63, 3.8) is 0 Å². The van der Waals surface area contributed by atoms with Crippen LogP contribution in [0.3, 0.4) is 0 Å². The van der Waals surface area contributed by atoms with E-state index < -0.39 is 5.60 Å².